The monoisotopic (exact) mass is 662 g/mol. The van der Waals surface area contributed by atoms with Gasteiger partial charge >= 0.3 is 0 Å². The Bertz CT molecular complexity index is 1680. The van der Waals surface area contributed by atoms with E-state index in [-0.39, 0.29) is 36.9 Å². The molecule has 1 aromatic heterocycles. The average molecular weight is 663 g/mol. The lowest BCUT2D eigenvalue weighted by Crippen LogP contribution is -2.49. The molecule has 3 heterocycles. The maximum Gasteiger partial charge on any atom is 0.253 e. The van der Waals surface area contributed by atoms with Crippen LogP contribution in [0.15, 0.2) is 66.9 Å². The van der Waals surface area contributed by atoms with E-state index in [1.54, 1.807) is 6.20 Å². The summed E-state index contributed by atoms with van der Waals surface area (Å²) >= 11 is 0. The van der Waals surface area contributed by atoms with Gasteiger partial charge in [0.2, 0.25) is 11.8 Å². The third-order valence-electron chi connectivity index (χ3n) is 8.57. The molecule has 0 spiro atoms. The molecule has 2 aliphatic rings. The molecule has 1 saturated heterocycles. The van der Waals surface area contributed by atoms with E-state index in [0.29, 0.717) is 31.9 Å². The summed E-state index contributed by atoms with van der Waals surface area (Å²) in [6.45, 7) is 6.47. The third-order valence-corrected chi connectivity index (χ3v) is 8.57. The van der Waals surface area contributed by atoms with Crippen molar-refractivity contribution >= 4 is 23.6 Å². The van der Waals surface area contributed by atoms with Crippen molar-refractivity contribution in [3.63, 3.8) is 0 Å². The number of benzene rings is 2. The molecular formula is C35H40F2N6O5. The second-order valence-corrected chi connectivity index (χ2v) is 13.2. The van der Waals surface area contributed by atoms with E-state index in [2.05, 4.69) is 5.32 Å². The second kappa shape index (κ2) is 14.6. The van der Waals surface area contributed by atoms with Crippen molar-refractivity contribution in [2.45, 2.75) is 39.8 Å². The lowest BCUT2D eigenvalue weighted by atomic mass is 9.84. The molecule has 1 fully saturated rings. The quantitative estimate of drug-likeness (QED) is 0.286. The van der Waals surface area contributed by atoms with Crippen LogP contribution in [0, 0.1) is 23.0 Å². The lowest BCUT2D eigenvalue weighted by Gasteiger charge is -2.41. The fourth-order valence-corrected chi connectivity index (χ4v) is 6.25. The Hall–Kier alpha value is -4.75. The van der Waals surface area contributed by atoms with Crippen LogP contribution < -0.4 is 5.32 Å². The predicted octanol–water partition coefficient (Wildman–Crippen LogP) is 3.11. The summed E-state index contributed by atoms with van der Waals surface area (Å²) < 4.78 is 31.1. The molecule has 0 saturated carbocycles. The minimum absolute atomic E-state index is 0.0149. The van der Waals surface area contributed by atoms with Gasteiger partial charge in [-0.3, -0.25) is 29.0 Å². The van der Waals surface area contributed by atoms with Gasteiger partial charge in [0.05, 0.1) is 24.3 Å². The number of nitrogens with one attached hydrogen (secondary N) is 1. The first kappa shape index (κ1) is 34.6. The minimum Gasteiger partial charge on any atom is -0.387 e. The van der Waals surface area contributed by atoms with E-state index in [4.69, 9.17) is 4.98 Å². The van der Waals surface area contributed by atoms with Gasteiger partial charge in [-0.2, -0.15) is 0 Å². The zero-order valence-corrected chi connectivity index (χ0v) is 27.2. The van der Waals surface area contributed by atoms with E-state index in [1.165, 1.54) is 17.1 Å². The van der Waals surface area contributed by atoms with Crippen molar-refractivity contribution in [2.75, 3.05) is 39.5 Å². The number of halogens is 2. The highest BCUT2D eigenvalue weighted by atomic mass is 19.1. The van der Waals surface area contributed by atoms with Crippen LogP contribution in [0.3, 0.4) is 0 Å². The molecule has 2 aliphatic heterocycles. The second-order valence-electron chi connectivity index (χ2n) is 13.2. The zero-order valence-electron chi connectivity index (χ0n) is 27.2. The number of hydrogen-bond donors (Lipinski definition) is 2. The van der Waals surface area contributed by atoms with Gasteiger partial charge in [0.1, 0.15) is 24.1 Å². The van der Waals surface area contributed by atoms with E-state index < -0.39 is 53.3 Å². The summed E-state index contributed by atoms with van der Waals surface area (Å²) in [6.07, 6.45) is 4.55. The Morgan fingerprint density at radius 3 is 2.46 bits per heavy atom. The molecule has 3 aromatic rings. The summed E-state index contributed by atoms with van der Waals surface area (Å²) in [4.78, 5) is 59.4. The molecule has 254 valence electrons. The Kier molecular flexibility index (Phi) is 10.5. The highest BCUT2D eigenvalue weighted by Gasteiger charge is 2.40. The molecule has 0 aliphatic carbocycles. The van der Waals surface area contributed by atoms with Crippen molar-refractivity contribution < 1.29 is 33.1 Å². The smallest absolute Gasteiger partial charge is 0.253 e. The van der Waals surface area contributed by atoms with Crippen LogP contribution in [0.1, 0.15) is 44.6 Å². The van der Waals surface area contributed by atoms with Gasteiger partial charge in [-0.1, -0.05) is 51.1 Å². The number of rotatable bonds is 12. The average Bonchev–Trinajstić information content (AvgIpc) is 3.77. The van der Waals surface area contributed by atoms with E-state index >= 15 is 0 Å². The Morgan fingerprint density at radius 1 is 1.08 bits per heavy atom. The van der Waals surface area contributed by atoms with Crippen molar-refractivity contribution in [3.05, 3.63) is 89.9 Å². The number of amides is 4. The Labute approximate surface area is 277 Å². The van der Waals surface area contributed by atoms with Crippen LogP contribution in [-0.2, 0) is 25.7 Å². The fraction of sp³-hybridized carbons (Fsp3) is 0.400. The molecule has 2 atom stereocenters. The largest absolute Gasteiger partial charge is 0.387 e. The minimum atomic E-state index is -0.766. The molecule has 4 amide bonds. The molecule has 2 N–H and O–H groups in total. The molecule has 0 radical (unpaired) electrons. The van der Waals surface area contributed by atoms with Gasteiger partial charge in [0, 0.05) is 56.6 Å². The summed E-state index contributed by atoms with van der Waals surface area (Å²) in [5, 5.41) is 12.9. The van der Waals surface area contributed by atoms with Crippen LogP contribution in [0.5, 0.6) is 0 Å². The number of likely N-dealkylation sites (tertiary alicyclic amines) is 1. The summed E-state index contributed by atoms with van der Waals surface area (Å²) in [5.74, 6) is -2.82. The molecule has 0 bridgehead atoms. The standard InChI is InChI=1S/C35H40F2N6O5/c1-35(2,3)32(33-39-28(26-17-25(36)9-10-27(26)37)20-41(33)18-23-7-5-4-6-8-23)43(31(47)21-44)22-40-15-13-24(19-40)34(48)38-14-16-42-29(45)11-12-30(42)46/h4-12,17,20,24,32,44H,13-16,18-19,21-22H2,1-3H3,(H,38,48)/t24?,32-/m0/s1. The SMILES string of the molecule is CC(C)(C)[C@H](c1nc(-c2cc(F)ccc2F)cn1Cc1ccccc1)N(CN1CCC(C(=O)NCCN2C(=O)C=CC2=O)C1)C(=O)CO. The molecular weight excluding hydrogens is 622 g/mol. The van der Waals surface area contributed by atoms with Crippen LogP contribution in [0.4, 0.5) is 8.78 Å². The highest BCUT2D eigenvalue weighted by Crippen LogP contribution is 2.40. The third kappa shape index (κ3) is 7.85. The van der Waals surface area contributed by atoms with Crippen molar-refractivity contribution in [3.8, 4) is 11.3 Å². The molecule has 13 heteroatoms. The van der Waals surface area contributed by atoms with Gasteiger partial charge in [-0.25, -0.2) is 13.8 Å². The lowest BCUT2D eigenvalue weighted by molar-refractivity contribution is -0.142. The number of hydrogen-bond acceptors (Lipinski definition) is 7. The van der Waals surface area contributed by atoms with E-state index in [0.717, 1.165) is 28.7 Å². The summed E-state index contributed by atoms with van der Waals surface area (Å²) in [7, 11) is 0. The van der Waals surface area contributed by atoms with Crippen molar-refractivity contribution in [1.82, 2.24) is 29.6 Å². The molecule has 2 aromatic carbocycles. The van der Waals surface area contributed by atoms with Gasteiger partial charge in [-0.15, -0.1) is 0 Å². The number of imide groups is 1. The van der Waals surface area contributed by atoms with E-state index in [9.17, 15) is 33.1 Å². The molecule has 48 heavy (non-hydrogen) atoms. The van der Waals surface area contributed by atoms with Crippen LogP contribution in [0.2, 0.25) is 0 Å². The number of aromatic nitrogens is 2. The van der Waals surface area contributed by atoms with Crippen LogP contribution in [0.25, 0.3) is 11.3 Å². The van der Waals surface area contributed by atoms with Crippen LogP contribution >= 0.6 is 0 Å². The van der Waals surface area contributed by atoms with E-state index in [1.807, 2.05) is 60.6 Å². The predicted molar refractivity (Wildman–Crippen MR) is 173 cm³/mol. The summed E-state index contributed by atoms with van der Waals surface area (Å²) in [6, 6.07) is 12.0. The normalized spacial score (nSPS) is 17.3. The number of imidazole rings is 1. The number of nitrogens with zero attached hydrogens (tertiary/aromatic N) is 5. The first-order valence-electron chi connectivity index (χ1n) is 15.9. The first-order chi connectivity index (χ1) is 22.8. The van der Waals surface area contributed by atoms with Gasteiger partial charge in [0.25, 0.3) is 11.8 Å². The number of carbonyl (C=O) groups excluding carboxylic acids is 4. The van der Waals surface area contributed by atoms with Gasteiger partial charge < -0.3 is 19.9 Å². The Balaban J connectivity index is 1.40. The fourth-order valence-electron chi connectivity index (χ4n) is 6.25. The number of aliphatic hydroxyl groups is 1. The zero-order chi connectivity index (χ0) is 34.6. The van der Waals surface area contributed by atoms with Crippen molar-refractivity contribution in [1.29, 1.82) is 0 Å². The van der Waals surface area contributed by atoms with Gasteiger partial charge in [-0.05, 0) is 35.6 Å². The first-order valence-corrected chi connectivity index (χ1v) is 15.9. The summed E-state index contributed by atoms with van der Waals surface area (Å²) in [5.41, 5.74) is 0.477. The molecule has 1 unspecified atom stereocenters. The maximum atomic E-state index is 15.0. The number of aliphatic hydroxyl groups excluding tert-OH is 1. The topological polar surface area (TPSA) is 128 Å². The molecule has 11 nitrogen and oxygen atoms in total. The maximum absolute atomic E-state index is 15.0. The van der Waals surface area contributed by atoms with Crippen LogP contribution in [-0.4, -0.2) is 92.4 Å². The van der Waals surface area contributed by atoms with Crippen molar-refractivity contribution in [2.24, 2.45) is 11.3 Å². The molecule has 5 rings (SSSR count). The number of carbonyl (C=O) groups is 4. The Morgan fingerprint density at radius 2 is 1.79 bits per heavy atom. The van der Waals surface area contributed by atoms with Gasteiger partial charge in [0.15, 0.2) is 0 Å². The highest BCUT2D eigenvalue weighted by molar-refractivity contribution is 6.12.